The molecule has 30 heavy (non-hydrogen) atoms. The van der Waals surface area contributed by atoms with Crippen LogP contribution in [-0.4, -0.2) is 49.7 Å². The van der Waals surface area contributed by atoms with Crippen molar-refractivity contribution in [3.05, 3.63) is 63.9 Å². The van der Waals surface area contributed by atoms with E-state index in [1.54, 1.807) is 6.92 Å². The average molecular weight is 465 g/mol. The molecule has 1 heterocycles. The number of carbonyl (C=O) groups is 1. The molecule has 0 unspecified atom stereocenters. The highest BCUT2D eigenvalue weighted by atomic mass is 35.5. The van der Waals surface area contributed by atoms with E-state index in [0.29, 0.717) is 17.7 Å². The van der Waals surface area contributed by atoms with E-state index >= 15 is 0 Å². The van der Waals surface area contributed by atoms with Crippen LogP contribution in [-0.2, 0) is 16.2 Å². The number of hydrogen-bond donors (Lipinski definition) is 0. The normalized spacial score (nSPS) is 16.0. The van der Waals surface area contributed by atoms with Crippen molar-refractivity contribution in [2.45, 2.75) is 18.0 Å². The molecule has 0 bridgehead atoms. The minimum atomic E-state index is -4.72. The van der Waals surface area contributed by atoms with Gasteiger partial charge in [-0.05, 0) is 42.8 Å². The standard InChI is InChI=1S/C19H17ClF4N2O3S/c1-12-2-3-13(10-16(12)21)18(27)25-6-8-26(9-7-25)30(28,29)17-11-14(19(22,23)24)4-5-15(17)20/h2-5,10-11H,6-9H2,1H3. The molecule has 1 aliphatic rings. The number of hydrogen-bond acceptors (Lipinski definition) is 3. The average Bonchev–Trinajstić information content (AvgIpc) is 2.69. The van der Waals surface area contributed by atoms with Gasteiger partial charge in [0.15, 0.2) is 0 Å². The molecule has 0 N–H and O–H groups in total. The van der Waals surface area contributed by atoms with Crippen molar-refractivity contribution in [1.82, 2.24) is 9.21 Å². The lowest BCUT2D eigenvalue weighted by molar-refractivity contribution is -0.137. The highest BCUT2D eigenvalue weighted by Gasteiger charge is 2.36. The molecule has 2 aromatic rings. The Balaban J connectivity index is 1.77. The number of carbonyl (C=O) groups excluding carboxylic acids is 1. The molecule has 5 nitrogen and oxygen atoms in total. The van der Waals surface area contributed by atoms with Crippen LogP contribution < -0.4 is 0 Å². The lowest BCUT2D eigenvalue weighted by Crippen LogP contribution is -2.50. The second-order valence-electron chi connectivity index (χ2n) is 6.80. The van der Waals surface area contributed by atoms with Gasteiger partial charge in [0, 0.05) is 31.7 Å². The minimum Gasteiger partial charge on any atom is -0.336 e. The fourth-order valence-corrected chi connectivity index (χ4v) is 4.98. The van der Waals surface area contributed by atoms with Crippen LogP contribution in [0.3, 0.4) is 0 Å². The van der Waals surface area contributed by atoms with Gasteiger partial charge in [-0.15, -0.1) is 0 Å². The van der Waals surface area contributed by atoms with Crippen molar-refractivity contribution in [1.29, 1.82) is 0 Å². The van der Waals surface area contributed by atoms with Crippen LogP contribution in [0, 0.1) is 12.7 Å². The Morgan fingerprint density at radius 3 is 2.23 bits per heavy atom. The molecule has 3 rings (SSSR count). The number of alkyl halides is 3. The predicted molar refractivity (Wildman–Crippen MR) is 102 cm³/mol. The first kappa shape index (κ1) is 22.5. The fourth-order valence-electron chi connectivity index (χ4n) is 3.06. The van der Waals surface area contributed by atoms with Crippen LogP contribution in [0.25, 0.3) is 0 Å². The molecular formula is C19H17ClF4N2O3S. The van der Waals surface area contributed by atoms with Crippen molar-refractivity contribution < 1.29 is 30.8 Å². The van der Waals surface area contributed by atoms with Gasteiger partial charge in [0.1, 0.15) is 10.7 Å². The zero-order chi connectivity index (χ0) is 22.3. The van der Waals surface area contributed by atoms with Gasteiger partial charge in [-0.3, -0.25) is 4.79 Å². The molecule has 0 saturated carbocycles. The van der Waals surface area contributed by atoms with Gasteiger partial charge >= 0.3 is 6.18 Å². The van der Waals surface area contributed by atoms with Crippen LogP contribution in [0.1, 0.15) is 21.5 Å². The summed E-state index contributed by atoms with van der Waals surface area (Å²) in [5, 5.41) is -0.323. The van der Waals surface area contributed by atoms with Crippen LogP contribution in [0.15, 0.2) is 41.3 Å². The molecule has 11 heteroatoms. The fraction of sp³-hybridized carbons (Fsp3) is 0.316. The molecule has 1 saturated heterocycles. The Morgan fingerprint density at radius 2 is 1.67 bits per heavy atom. The van der Waals surface area contributed by atoms with E-state index in [2.05, 4.69) is 0 Å². The first-order chi connectivity index (χ1) is 13.9. The van der Waals surface area contributed by atoms with Crippen molar-refractivity contribution in [3.63, 3.8) is 0 Å². The van der Waals surface area contributed by atoms with Gasteiger partial charge in [0.25, 0.3) is 5.91 Å². The lowest BCUT2D eigenvalue weighted by Gasteiger charge is -2.34. The van der Waals surface area contributed by atoms with E-state index in [4.69, 9.17) is 11.6 Å². The van der Waals surface area contributed by atoms with Crippen molar-refractivity contribution in [2.24, 2.45) is 0 Å². The predicted octanol–water partition coefficient (Wildman–Crippen LogP) is 3.95. The zero-order valence-corrected chi connectivity index (χ0v) is 17.3. The molecule has 2 aromatic carbocycles. The van der Waals surface area contributed by atoms with Crippen molar-refractivity contribution in [2.75, 3.05) is 26.2 Å². The number of amides is 1. The van der Waals surface area contributed by atoms with Gasteiger partial charge < -0.3 is 4.90 Å². The Labute approximate surface area is 175 Å². The van der Waals surface area contributed by atoms with Gasteiger partial charge in [-0.1, -0.05) is 17.7 Å². The van der Waals surface area contributed by atoms with E-state index in [-0.39, 0.29) is 36.8 Å². The molecular weight excluding hydrogens is 448 g/mol. The van der Waals surface area contributed by atoms with Gasteiger partial charge in [0.05, 0.1) is 10.6 Å². The summed E-state index contributed by atoms with van der Waals surface area (Å²) in [7, 11) is -4.30. The maximum absolute atomic E-state index is 13.7. The van der Waals surface area contributed by atoms with E-state index in [1.165, 1.54) is 17.0 Å². The molecule has 0 spiro atoms. The van der Waals surface area contributed by atoms with E-state index in [9.17, 15) is 30.8 Å². The Bertz CT molecular complexity index is 1080. The number of aryl methyl sites for hydroxylation is 1. The highest BCUT2D eigenvalue weighted by Crippen LogP contribution is 2.34. The summed E-state index contributed by atoms with van der Waals surface area (Å²) in [6.45, 7) is 1.31. The molecule has 1 aliphatic heterocycles. The van der Waals surface area contributed by atoms with Gasteiger partial charge in [-0.2, -0.15) is 17.5 Å². The summed E-state index contributed by atoms with van der Waals surface area (Å²) in [5.74, 6) is -0.982. The molecule has 0 aromatic heterocycles. The Hall–Kier alpha value is -2.17. The topological polar surface area (TPSA) is 57.7 Å². The maximum atomic E-state index is 13.7. The van der Waals surface area contributed by atoms with E-state index in [0.717, 1.165) is 16.4 Å². The monoisotopic (exact) mass is 464 g/mol. The van der Waals surface area contributed by atoms with Crippen molar-refractivity contribution >= 4 is 27.5 Å². The minimum absolute atomic E-state index is 0.00411. The van der Waals surface area contributed by atoms with Crippen LogP contribution in [0.4, 0.5) is 17.6 Å². The second kappa shape index (κ2) is 8.16. The molecule has 1 amide bonds. The molecule has 0 radical (unpaired) electrons. The number of piperazine rings is 1. The Morgan fingerprint density at radius 1 is 1.03 bits per heavy atom. The SMILES string of the molecule is Cc1ccc(C(=O)N2CCN(S(=O)(=O)c3cc(C(F)(F)F)ccc3Cl)CC2)cc1F. The highest BCUT2D eigenvalue weighted by molar-refractivity contribution is 7.89. The smallest absolute Gasteiger partial charge is 0.336 e. The first-order valence-electron chi connectivity index (χ1n) is 8.83. The second-order valence-corrected chi connectivity index (χ2v) is 9.12. The third-order valence-electron chi connectivity index (χ3n) is 4.82. The van der Waals surface area contributed by atoms with Crippen LogP contribution in [0.5, 0.6) is 0 Å². The summed E-state index contributed by atoms with van der Waals surface area (Å²) in [6.07, 6.45) is -4.72. The summed E-state index contributed by atoms with van der Waals surface area (Å²) < 4.78 is 79.3. The summed E-state index contributed by atoms with van der Waals surface area (Å²) >= 11 is 5.86. The molecule has 0 atom stereocenters. The molecule has 0 aliphatic carbocycles. The number of nitrogens with zero attached hydrogens (tertiary/aromatic N) is 2. The van der Waals surface area contributed by atoms with Crippen LogP contribution in [0.2, 0.25) is 5.02 Å². The number of sulfonamides is 1. The van der Waals surface area contributed by atoms with Crippen LogP contribution >= 0.6 is 11.6 Å². The van der Waals surface area contributed by atoms with Gasteiger partial charge in [0.2, 0.25) is 10.0 Å². The third-order valence-corrected chi connectivity index (χ3v) is 7.20. The largest absolute Gasteiger partial charge is 0.416 e. The molecule has 1 fully saturated rings. The van der Waals surface area contributed by atoms with Crippen molar-refractivity contribution in [3.8, 4) is 0 Å². The summed E-state index contributed by atoms with van der Waals surface area (Å²) in [6, 6.07) is 6.17. The number of rotatable bonds is 3. The number of benzene rings is 2. The number of halogens is 5. The first-order valence-corrected chi connectivity index (χ1v) is 10.7. The quantitative estimate of drug-likeness (QED) is 0.646. The van der Waals surface area contributed by atoms with E-state index in [1.807, 2.05) is 0 Å². The molecule has 162 valence electrons. The zero-order valence-electron chi connectivity index (χ0n) is 15.7. The van der Waals surface area contributed by atoms with E-state index < -0.39 is 38.4 Å². The summed E-state index contributed by atoms with van der Waals surface area (Å²) in [5.41, 5.74) is -0.601. The lowest BCUT2D eigenvalue weighted by atomic mass is 10.1. The maximum Gasteiger partial charge on any atom is 0.416 e. The Kier molecular flexibility index (Phi) is 6.13. The third kappa shape index (κ3) is 4.45. The van der Waals surface area contributed by atoms with Gasteiger partial charge in [-0.25, -0.2) is 12.8 Å². The summed E-state index contributed by atoms with van der Waals surface area (Å²) in [4.78, 5) is 13.3.